The van der Waals surface area contributed by atoms with Crippen molar-refractivity contribution in [2.24, 2.45) is 5.10 Å². The Morgan fingerprint density at radius 3 is 2.69 bits per heavy atom. The molecule has 0 radical (unpaired) electrons. The van der Waals surface area contributed by atoms with Crippen LogP contribution >= 0.6 is 11.6 Å². The molecule has 29 heavy (non-hydrogen) atoms. The summed E-state index contributed by atoms with van der Waals surface area (Å²) in [5, 5.41) is 18.6. The van der Waals surface area contributed by atoms with Gasteiger partial charge in [0, 0.05) is 40.3 Å². The number of hydrogen-bond donors (Lipinski definition) is 0. The largest absolute Gasteiger partial charge is 0.464 e. The number of hydrogen-bond acceptors (Lipinski definition) is 5. The highest BCUT2D eigenvalue weighted by atomic mass is 35.5. The van der Waals surface area contributed by atoms with E-state index in [1.165, 1.54) is 6.07 Å². The van der Waals surface area contributed by atoms with E-state index in [0.717, 1.165) is 22.6 Å². The Labute approximate surface area is 172 Å². The van der Waals surface area contributed by atoms with E-state index >= 15 is 0 Å². The first-order valence-corrected chi connectivity index (χ1v) is 9.60. The molecule has 2 heterocycles. The maximum Gasteiger partial charge on any atom is 0.269 e. The Kier molecular flexibility index (Phi) is 4.21. The zero-order valence-electron chi connectivity index (χ0n) is 15.2. The van der Waals surface area contributed by atoms with E-state index in [4.69, 9.17) is 21.4 Å². The van der Waals surface area contributed by atoms with Crippen molar-refractivity contribution in [3.63, 3.8) is 0 Å². The number of nitro benzene ring substituents is 1. The molecule has 0 aliphatic carbocycles. The van der Waals surface area contributed by atoms with Crippen LogP contribution in [0.5, 0.6) is 5.75 Å². The van der Waals surface area contributed by atoms with Gasteiger partial charge in [0.2, 0.25) is 6.23 Å². The predicted molar refractivity (Wildman–Crippen MR) is 110 cm³/mol. The topological polar surface area (TPSA) is 68.0 Å². The fraction of sp³-hybridized carbons (Fsp3) is 0.136. The predicted octanol–water partition coefficient (Wildman–Crippen LogP) is 5.49. The summed E-state index contributed by atoms with van der Waals surface area (Å²) in [6, 6.07) is 21.9. The minimum absolute atomic E-state index is 0.0241. The van der Waals surface area contributed by atoms with Crippen molar-refractivity contribution < 1.29 is 9.66 Å². The summed E-state index contributed by atoms with van der Waals surface area (Å²) in [7, 11) is 0. The number of nitro groups is 1. The van der Waals surface area contributed by atoms with Crippen molar-refractivity contribution in [1.82, 2.24) is 5.01 Å². The molecule has 3 aromatic carbocycles. The van der Waals surface area contributed by atoms with Crippen LogP contribution in [0.4, 0.5) is 5.69 Å². The third-order valence-corrected chi connectivity index (χ3v) is 5.58. The first-order valence-electron chi connectivity index (χ1n) is 9.22. The van der Waals surface area contributed by atoms with Crippen molar-refractivity contribution in [3.8, 4) is 5.75 Å². The molecule has 6 nitrogen and oxygen atoms in total. The molecule has 0 amide bonds. The lowest BCUT2D eigenvalue weighted by molar-refractivity contribution is -0.385. The van der Waals surface area contributed by atoms with Gasteiger partial charge >= 0.3 is 0 Å². The second kappa shape index (κ2) is 6.90. The zero-order chi connectivity index (χ0) is 20.0. The van der Waals surface area contributed by atoms with Crippen molar-refractivity contribution in [1.29, 1.82) is 0 Å². The van der Waals surface area contributed by atoms with Crippen LogP contribution in [-0.2, 0) is 0 Å². The van der Waals surface area contributed by atoms with Crippen LogP contribution in [0.3, 0.4) is 0 Å². The summed E-state index contributed by atoms with van der Waals surface area (Å²) in [6.45, 7) is 0. The first kappa shape index (κ1) is 17.7. The Bertz CT molecular complexity index is 1150. The molecular weight excluding hydrogens is 390 g/mol. The fourth-order valence-corrected chi connectivity index (χ4v) is 4.15. The maximum atomic E-state index is 11.2. The molecule has 0 saturated heterocycles. The molecule has 144 valence electrons. The lowest BCUT2D eigenvalue weighted by atomic mass is 9.96. The van der Waals surface area contributed by atoms with E-state index in [1.54, 1.807) is 12.1 Å². The summed E-state index contributed by atoms with van der Waals surface area (Å²) >= 11 is 6.41. The van der Waals surface area contributed by atoms with Gasteiger partial charge in [0.15, 0.2) is 0 Å². The standard InChI is InChI=1S/C22H16ClN3O3/c23-18-10-3-1-8-16(18)19-13-20-17-9-2-4-11-21(17)29-22(25(20)24-19)14-6-5-7-15(12-14)26(27)28/h1-12,20,22H,13H2/t20-,22-/m0/s1. The average molecular weight is 406 g/mol. The number of ether oxygens (including phenoxy) is 1. The van der Waals surface area contributed by atoms with Crippen LogP contribution in [0.1, 0.15) is 35.4 Å². The van der Waals surface area contributed by atoms with Crippen LogP contribution in [-0.4, -0.2) is 15.6 Å². The molecule has 7 heteroatoms. The van der Waals surface area contributed by atoms with E-state index in [1.807, 2.05) is 59.6 Å². The smallest absolute Gasteiger partial charge is 0.269 e. The molecule has 0 aromatic heterocycles. The van der Waals surface area contributed by atoms with Crippen LogP contribution in [0.2, 0.25) is 5.02 Å². The second-order valence-corrected chi connectivity index (χ2v) is 7.39. The number of para-hydroxylation sites is 1. The van der Waals surface area contributed by atoms with Gasteiger partial charge in [0.1, 0.15) is 5.75 Å². The molecule has 0 fully saturated rings. The molecule has 0 spiro atoms. The van der Waals surface area contributed by atoms with Crippen molar-refractivity contribution in [3.05, 3.63) is 105 Å². The monoisotopic (exact) mass is 405 g/mol. The molecule has 2 aliphatic heterocycles. The van der Waals surface area contributed by atoms with Crippen LogP contribution in [0.25, 0.3) is 0 Å². The summed E-state index contributed by atoms with van der Waals surface area (Å²) in [5.74, 6) is 0.765. The highest BCUT2D eigenvalue weighted by Crippen LogP contribution is 2.47. The number of benzene rings is 3. The Morgan fingerprint density at radius 2 is 1.86 bits per heavy atom. The molecule has 5 rings (SSSR count). The zero-order valence-corrected chi connectivity index (χ0v) is 16.0. The number of fused-ring (bicyclic) bond motifs is 3. The molecule has 0 unspecified atom stereocenters. The van der Waals surface area contributed by atoms with E-state index in [0.29, 0.717) is 17.0 Å². The number of halogens is 1. The second-order valence-electron chi connectivity index (χ2n) is 6.99. The molecular formula is C22H16ClN3O3. The molecule has 3 aromatic rings. The summed E-state index contributed by atoms with van der Waals surface area (Å²) in [4.78, 5) is 10.8. The van der Waals surface area contributed by atoms with E-state index < -0.39 is 11.2 Å². The van der Waals surface area contributed by atoms with Gasteiger partial charge in [-0.05, 0) is 12.1 Å². The lowest BCUT2D eigenvalue weighted by Gasteiger charge is -2.38. The molecule has 0 N–H and O–H groups in total. The van der Waals surface area contributed by atoms with Crippen molar-refractivity contribution in [2.75, 3.05) is 0 Å². The highest BCUT2D eigenvalue weighted by molar-refractivity contribution is 6.34. The quantitative estimate of drug-likeness (QED) is 0.426. The summed E-state index contributed by atoms with van der Waals surface area (Å²) < 4.78 is 6.24. The Hall–Kier alpha value is -3.38. The SMILES string of the molecule is O=[N+]([O-])c1cccc([C@@H]2Oc3ccccc3[C@@H]3CC(c4ccccc4Cl)=NN32)c1. The average Bonchev–Trinajstić information content (AvgIpc) is 3.19. The van der Waals surface area contributed by atoms with Gasteiger partial charge in [-0.3, -0.25) is 10.1 Å². The van der Waals surface area contributed by atoms with Gasteiger partial charge in [-0.1, -0.05) is 60.1 Å². The third kappa shape index (κ3) is 3.02. The molecule has 0 bridgehead atoms. The summed E-state index contributed by atoms with van der Waals surface area (Å²) in [6.07, 6.45) is 0.116. The number of rotatable bonds is 3. The molecule has 0 saturated carbocycles. The maximum absolute atomic E-state index is 11.2. The van der Waals surface area contributed by atoms with Gasteiger partial charge in [-0.25, -0.2) is 5.01 Å². The summed E-state index contributed by atoms with van der Waals surface area (Å²) in [5.41, 5.74) is 3.51. The highest BCUT2D eigenvalue weighted by Gasteiger charge is 2.41. The normalized spacial score (nSPS) is 19.8. The van der Waals surface area contributed by atoms with Gasteiger partial charge in [-0.15, -0.1) is 0 Å². The Balaban J connectivity index is 1.61. The number of nitrogens with zero attached hydrogens (tertiary/aromatic N) is 3. The van der Waals surface area contributed by atoms with Crippen molar-refractivity contribution in [2.45, 2.75) is 18.7 Å². The number of hydrazone groups is 1. The van der Waals surface area contributed by atoms with Gasteiger partial charge in [0.05, 0.1) is 16.7 Å². The molecule has 2 atom stereocenters. The minimum atomic E-state index is -0.560. The third-order valence-electron chi connectivity index (χ3n) is 5.25. The van der Waals surface area contributed by atoms with E-state index in [2.05, 4.69) is 0 Å². The van der Waals surface area contributed by atoms with Gasteiger partial charge in [-0.2, -0.15) is 5.10 Å². The Morgan fingerprint density at radius 1 is 1.07 bits per heavy atom. The first-order chi connectivity index (χ1) is 14.1. The fourth-order valence-electron chi connectivity index (χ4n) is 3.90. The van der Waals surface area contributed by atoms with E-state index in [-0.39, 0.29) is 11.7 Å². The molecule has 2 aliphatic rings. The van der Waals surface area contributed by atoms with Gasteiger partial charge in [0.25, 0.3) is 5.69 Å². The van der Waals surface area contributed by atoms with Crippen LogP contribution < -0.4 is 4.74 Å². The number of non-ortho nitro benzene ring substituents is 1. The van der Waals surface area contributed by atoms with Gasteiger partial charge < -0.3 is 4.74 Å². The van der Waals surface area contributed by atoms with Crippen LogP contribution in [0, 0.1) is 10.1 Å². The van der Waals surface area contributed by atoms with Crippen LogP contribution in [0.15, 0.2) is 77.9 Å². The van der Waals surface area contributed by atoms with Crippen molar-refractivity contribution >= 4 is 23.0 Å². The van der Waals surface area contributed by atoms with E-state index in [9.17, 15) is 10.1 Å². The lowest BCUT2D eigenvalue weighted by Crippen LogP contribution is -2.33. The minimum Gasteiger partial charge on any atom is -0.464 e.